The van der Waals surface area contributed by atoms with E-state index < -0.39 is 0 Å². The minimum atomic E-state index is 0.493. The molecule has 1 saturated heterocycles. The summed E-state index contributed by atoms with van der Waals surface area (Å²) >= 11 is 0. The van der Waals surface area contributed by atoms with Crippen LogP contribution < -0.4 is 5.32 Å². The molecular weight excluding hydrogens is 212 g/mol. The van der Waals surface area contributed by atoms with E-state index in [1.54, 1.807) is 0 Å². The van der Waals surface area contributed by atoms with Crippen molar-refractivity contribution < 1.29 is 4.74 Å². The Bertz CT molecular complexity index is 189. The molecule has 17 heavy (non-hydrogen) atoms. The first-order valence-electron chi connectivity index (χ1n) is 7.15. The molecule has 1 fully saturated rings. The summed E-state index contributed by atoms with van der Waals surface area (Å²) in [5.74, 6) is 0.710. The van der Waals surface area contributed by atoms with Gasteiger partial charge in [0.2, 0.25) is 0 Å². The number of ether oxygens (including phenoxy) is 1. The highest BCUT2D eigenvalue weighted by molar-refractivity contribution is 4.79. The van der Waals surface area contributed by atoms with Crippen molar-refractivity contribution in [1.29, 1.82) is 0 Å². The Labute approximate surface area is 107 Å². The number of piperidine rings is 1. The fourth-order valence-electron chi connectivity index (χ4n) is 2.45. The molecule has 0 bridgehead atoms. The molecule has 102 valence electrons. The third-order valence-corrected chi connectivity index (χ3v) is 3.78. The maximum absolute atomic E-state index is 5.41. The summed E-state index contributed by atoms with van der Waals surface area (Å²) in [7, 11) is 1.83. The van der Waals surface area contributed by atoms with Gasteiger partial charge in [-0.25, -0.2) is 0 Å². The van der Waals surface area contributed by atoms with Crippen LogP contribution in [0.4, 0.5) is 0 Å². The molecule has 1 heterocycles. The van der Waals surface area contributed by atoms with Crippen molar-refractivity contribution in [3.05, 3.63) is 0 Å². The molecule has 0 aliphatic carbocycles. The fraction of sp³-hybridized carbons (Fsp3) is 1.00. The first kappa shape index (κ1) is 14.9. The van der Waals surface area contributed by atoms with Crippen LogP contribution in [-0.2, 0) is 4.74 Å². The zero-order valence-electron chi connectivity index (χ0n) is 12.0. The van der Waals surface area contributed by atoms with Crippen LogP contribution in [-0.4, -0.2) is 50.3 Å². The maximum Gasteiger partial charge on any atom is 0.0595 e. The van der Waals surface area contributed by atoms with Crippen LogP contribution in [0.5, 0.6) is 0 Å². The Morgan fingerprint density at radius 1 is 1.29 bits per heavy atom. The second kappa shape index (κ2) is 8.06. The van der Waals surface area contributed by atoms with E-state index in [1.165, 1.54) is 38.9 Å². The van der Waals surface area contributed by atoms with Gasteiger partial charge < -0.3 is 15.0 Å². The lowest BCUT2D eigenvalue weighted by molar-refractivity contribution is 0.0367. The lowest BCUT2D eigenvalue weighted by Gasteiger charge is -2.35. The lowest BCUT2D eigenvalue weighted by Crippen LogP contribution is -2.47. The molecule has 0 aromatic rings. The summed E-state index contributed by atoms with van der Waals surface area (Å²) in [6, 6.07) is 0.633. The van der Waals surface area contributed by atoms with E-state index in [1.807, 2.05) is 7.11 Å². The van der Waals surface area contributed by atoms with Gasteiger partial charge in [0, 0.05) is 32.8 Å². The molecular formula is C14H30N2O. The number of rotatable bonds is 7. The van der Waals surface area contributed by atoms with Crippen LogP contribution >= 0.6 is 0 Å². The van der Waals surface area contributed by atoms with Gasteiger partial charge in [-0.05, 0) is 31.7 Å². The van der Waals surface area contributed by atoms with Crippen LogP contribution in [0.3, 0.4) is 0 Å². The first-order valence-corrected chi connectivity index (χ1v) is 7.15. The van der Waals surface area contributed by atoms with Crippen molar-refractivity contribution in [2.75, 3.05) is 33.3 Å². The summed E-state index contributed by atoms with van der Waals surface area (Å²) in [5, 5.41) is 3.67. The van der Waals surface area contributed by atoms with Gasteiger partial charge in [0.05, 0.1) is 6.10 Å². The molecule has 3 nitrogen and oxygen atoms in total. The number of nitrogens with zero attached hydrogens (tertiary/aromatic N) is 1. The van der Waals surface area contributed by atoms with Crippen molar-refractivity contribution in [2.24, 2.45) is 5.92 Å². The smallest absolute Gasteiger partial charge is 0.0595 e. The Kier molecular flexibility index (Phi) is 7.09. The molecule has 1 N–H and O–H groups in total. The highest BCUT2D eigenvalue weighted by atomic mass is 16.5. The van der Waals surface area contributed by atoms with Crippen molar-refractivity contribution in [3.63, 3.8) is 0 Å². The highest BCUT2D eigenvalue weighted by Crippen LogP contribution is 2.14. The third-order valence-electron chi connectivity index (χ3n) is 3.78. The molecule has 0 saturated carbocycles. The van der Waals surface area contributed by atoms with E-state index in [2.05, 4.69) is 31.0 Å². The third kappa shape index (κ3) is 5.36. The second-order valence-corrected chi connectivity index (χ2v) is 5.54. The van der Waals surface area contributed by atoms with Gasteiger partial charge in [0.15, 0.2) is 0 Å². The van der Waals surface area contributed by atoms with Crippen LogP contribution in [0.25, 0.3) is 0 Å². The zero-order chi connectivity index (χ0) is 12.7. The standard InChI is InChI=1S/C14H30N2O/c1-5-8-15-14(12(2)3)11-16-9-6-13(17-4)7-10-16/h12-15H,5-11H2,1-4H3. The average Bonchev–Trinajstić information content (AvgIpc) is 2.35. The molecule has 1 atom stereocenters. The van der Waals surface area contributed by atoms with Gasteiger partial charge >= 0.3 is 0 Å². The highest BCUT2D eigenvalue weighted by Gasteiger charge is 2.22. The van der Waals surface area contributed by atoms with E-state index in [-0.39, 0.29) is 0 Å². The number of likely N-dealkylation sites (tertiary alicyclic amines) is 1. The molecule has 0 spiro atoms. The van der Waals surface area contributed by atoms with Gasteiger partial charge in [0.1, 0.15) is 0 Å². The van der Waals surface area contributed by atoms with Crippen molar-refractivity contribution in [3.8, 4) is 0 Å². The van der Waals surface area contributed by atoms with Gasteiger partial charge in [-0.15, -0.1) is 0 Å². The second-order valence-electron chi connectivity index (χ2n) is 5.54. The Morgan fingerprint density at radius 3 is 2.41 bits per heavy atom. The predicted octanol–water partition coefficient (Wildman–Crippen LogP) is 2.12. The van der Waals surface area contributed by atoms with E-state index in [0.29, 0.717) is 18.1 Å². The number of methoxy groups -OCH3 is 1. The lowest BCUT2D eigenvalue weighted by atomic mass is 10.0. The minimum absolute atomic E-state index is 0.493. The van der Waals surface area contributed by atoms with E-state index in [9.17, 15) is 0 Å². The molecule has 1 aliphatic heterocycles. The molecule has 0 aromatic heterocycles. The van der Waals surface area contributed by atoms with Crippen LogP contribution in [0.1, 0.15) is 40.0 Å². The summed E-state index contributed by atoms with van der Waals surface area (Å²) < 4.78 is 5.41. The molecule has 1 aliphatic rings. The monoisotopic (exact) mass is 242 g/mol. The van der Waals surface area contributed by atoms with Crippen LogP contribution in [0.2, 0.25) is 0 Å². The molecule has 0 aromatic carbocycles. The Hall–Kier alpha value is -0.120. The number of hydrogen-bond donors (Lipinski definition) is 1. The van der Waals surface area contributed by atoms with Gasteiger partial charge in [0.25, 0.3) is 0 Å². The predicted molar refractivity (Wildman–Crippen MR) is 73.4 cm³/mol. The van der Waals surface area contributed by atoms with E-state index >= 15 is 0 Å². The SMILES string of the molecule is CCCNC(CN1CCC(OC)CC1)C(C)C. The maximum atomic E-state index is 5.41. The fourth-order valence-corrected chi connectivity index (χ4v) is 2.45. The quantitative estimate of drug-likeness (QED) is 0.740. The van der Waals surface area contributed by atoms with E-state index in [4.69, 9.17) is 4.74 Å². The summed E-state index contributed by atoms with van der Waals surface area (Å²) in [4.78, 5) is 2.59. The largest absolute Gasteiger partial charge is 0.381 e. The number of hydrogen-bond acceptors (Lipinski definition) is 3. The summed E-state index contributed by atoms with van der Waals surface area (Å²) in [5.41, 5.74) is 0. The summed E-state index contributed by atoms with van der Waals surface area (Å²) in [6.07, 6.45) is 4.09. The molecule has 1 rings (SSSR count). The molecule has 3 heteroatoms. The summed E-state index contributed by atoms with van der Waals surface area (Å²) in [6.45, 7) is 11.6. The van der Waals surface area contributed by atoms with Crippen molar-refractivity contribution in [2.45, 2.75) is 52.2 Å². The Morgan fingerprint density at radius 2 is 1.94 bits per heavy atom. The van der Waals surface area contributed by atoms with Crippen LogP contribution in [0, 0.1) is 5.92 Å². The van der Waals surface area contributed by atoms with E-state index in [0.717, 1.165) is 6.54 Å². The van der Waals surface area contributed by atoms with Crippen molar-refractivity contribution >= 4 is 0 Å². The molecule has 0 amide bonds. The zero-order valence-corrected chi connectivity index (χ0v) is 12.0. The number of nitrogens with one attached hydrogen (secondary N) is 1. The van der Waals surface area contributed by atoms with Gasteiger partial charge in [-0.1, -0.05) is 20.8 Å². The van der Waals surface area contributed by atoms with Crippen molar-refractivity contribution in [1.82, 2.24) is 10.2 Å². The van der Waals surface area contributed by atoms with Gasteiger partial charge in [-0.3, -0.25) is 0 Å². The molecule has 0 radical (unpaired) electrons. The normalized spacial score (nSPS) is 21.0. The van der Waals surface area contributed by atoms with Crippen LogP contribution in [0.15, 0.2) is 0 Å². The average molecular weight is 242 g/mol. The Balaban J connectivity index is 2.30. The minimum Gasteiger partial charge on any atom is -0.381 e. The first-order chi connectivity index (χ1) is 8.17. The topological polar surface area (TPSA) is 24.5 Å². The van der Waals surface area contributed by atoms with Gasteiger partial charge in [-0.2, -0.15) is 0 Å². The molecule has 1 unspecified atom stereocenters.